The zero-order valence-corrected chi connectivity index (χ0v) is 11.3. The third-order valence-electron chi connectivity index (χ3n) is 3.70. The number of rotatable bonds is 4. The van der Waals surface area contributed by atoms with Crippen molar-refractivity contribution in [1.29, 1.82) is 5.26 Å². The largest absolute Gasteiger partial charge is 0.492 e. The molecule has 3 rings (SSSR count). The summed E-state index contributed by atoms with van der Waals surface area (Å²) < 4.78 is 5.49. The monoisotopic (exact) mass is 268 g/mol. The second-order valence-electron chi connectivity index (χ2n) is 5.07. The molecule has 2 aromatic rings. The molecule has 1 atom stereocenters. The first-order valence-corrected chi connectivity index (χ1v) is 6.63. The molecule has 1 heterocycles. The van der Waals surface area contributed by atoms with E-state index in [2.05, 4.69) is 16.3 Å². The molecule has 1 aromatic heterocycles. The first-order valence-electron chi connectivity index (χ1n) is 6.63. The Morgan fingerprint density at radius 2 is 2.10 bits per heavy atom. The summed E-state index contributed by atoms with van der Waals surface area (Å²) >= 11 is 0. The lowest BCUT2D eigenvalue weighted by Crippen LogP contribution is -2.13. The van der Waals surface area contributed by atoms with Crippen LogP contribution in [0.4, 0.5) is 0 Å². The van der Waals surface area contributed by atoms with E-state index in [1.54, 1.807) is 19.2 Å². The van der Waals surface area contributed by atoms with Crippen LogP contribution in [0.2, 0.25) is 0 Å². The molecule has 102 valence electrons. The number of nitrogens with zero attached hydrogens (tertiary/aromatic N) is 2. The summed E-state index contributed by atoms with van der Waals surface area (Å²) in [6, 6.07) is 9.32. The lowest BCUT2D eigenvalue weighted by molar-refractivity contribution is 0.404. The lowest BCUT2D eigenvalue weighted by Gasteiger charge is -2.10. The van der Waals surface area contributed by atoms with Gasteiger partial charge in [0.15, 0.2) is 5.75 Å². The van der Waals surface area contributed by atoms with Crippen molar-refractivity contribution in [2.75, 3.05) is 7.11 Å². The summed E-state index contributed by atoms with van der Waals surface area (Å²) in [5, 5.41) is 16.2. The summed E-state index contributed by atoms with van der Waals surface area (Å²) in [6.07, 6.45) is 2.32. The van der Waals surface area contributed by atoms with E-state index in [9.17, 15) is 0 Å². The van der Waals surface area contributed by atoms with Gasteiger partial charge in [0.2, 0.25) is 0 Å². The Balaban J connectivity index is 1.98. The maximum atomic E-state index is 8.83. The maximum Gasteiger partial charge on any atom is 0.169 e. The second-order valence-corrected chi connectivity index (χ2v) is 5.07. The van der Waals surface area contributed by atoms with Gasteiger partial charge in [0.1, 0.15) is 5.69 Å². The van der Waals surface area contributed by atoms with Crippen molar-refractivity contribution >= 4 is 0 Å². The molecule has 0 spiro atoms. The highest BCUT2D eigenvalue weighted by Crippen LogP contribution is 2.43. The van der Waals surface area contributed by atoms with Crippen molar-refractivity contribution in [2.24, 2.45) is 11.7 Å². The van der Waals surface area contributed by atoms with E-state index in [4.69, 9.17) is 15.7 Å². The fourth-order valence-corrected chi connectivity index (χ4v) is 2.37. The van der Waals surface area contributed by atoms with Crippen LogP contribution in [0.5, 0.6) is 5.75 Å². The average molecular weight is 268 g/mol. The number of nitriles is 1. The van der Waals surface area contributed by atoms with Crippen LogP contribution in [-0.2, 0) is 0 Å². The second kappa shape index (κ2) is 4.99. The van der Waals surface area contributed by atoms with Gasteiger partial charge in [0.05, 0.1) is 30.5 Å². The van der Waals surface area contributed by atoms with Crippen LogP contribution in [-0.4, -0.2) is 17.3 Å². The van der Waals surface area contributed by atoms with Crippen LogP contribution < -0.4 is 10.5 Å². The Morgan fingerprint density at radius 3 is 2.65 bits per heavy atom. The molecule has 5 heteroatoms. The molecular formula is C15H16N4O. The van der Waals surface area contributed by atoms with E-state index >= 15 is 0 Å². The molecule has 0 radical (unpaired) electrons. The van der Waals surface area contributed by atoms with Crippen LogP contribution in [0.25, 0.3) is 11.3 Å². The molecule has 0 amide bonds. The number of ether oxygens (including phenoxy) is 1. The minimum absolute atomic E-state index is 0.0513. The van der Waals surface area contributed by atoms with Crippen molar-refractivity contribution in [2.45, 2.75) is 18.9 Å². The maximum absolute atomic E-state index is 8.83. The Morgan fingerprint density at radius 1 is 1.40 bits per heavy atom. The molecule has 0 aliphatic heterocycles. The topological polar surface area (TPSA) is 87.7 Å². The van der Waals surface area contributed by atoms with Gasteiger partial charge in [-0.25, -0.2) is 0 Å². The number of hydrogen-bond donors (Lipinski definition) is 2. The van der Waals surface area contributed by atoms with E-state index < -0.39 is 0 Å². The molecule has 0 bridgehead atoms. The van der Waals surface area contributed by atoms with E-state index in [-0.39, 0.29) is 6.04 Å². The Kier molecular flexibility index (Phi) is 3.17. The standard InChI is InChI=1S/C15H16N4O/c1-20-15-13(11-4-2-9(8-16)3-5-11)18-19-14(15)12(17)10-6-7-10/h2-5,10,12H,6-7,17H2,1H3,(H,18,19). The van der Waals surface area contributed by atoms with Gasteiger partial charge in [-0.1, -0.05) is 12.1 Å². The number of nitrogens with one attached hydrogen (secondary N) is 1. The highest BCUT2D eigenvalue weighted by Gasteiger charge is 2.33. The number of aromatic nitrogens is 2. The van der Waals surface area contributed by atoms with Gasteiger partial charge >= 0.3 is 0 Å². The molecule has 0 saturated heterocycles. The van der Waals surface area contributed by atoms with E-state index in [0.29, 0.717) is 17.2 Å². The smallest absolute Gasteiger partial charge is 0.169 e. The van der Waals surface area contributed by atoms with Crippen molar-refractivity contribution < 1.29 is 4.74 Å². The zero-order chi connectivity index (χ0) is 14.1. The fourth-order valence-electron chi connectivity index (χ4n) is 2.37. The predicted octanol–water partition coefficient (Wildman–Crippen LogP) is 2.37. The number of nitrogens with two attached hydrogens (primary N) is 1. The molecule has 3 N–H and O–H groups in total. The number of benzene rings is 1. The molecule has 1 aliphatic rings. The van der Waals surface area contributed by atoms with Crippen molar-refractivity contribution in [3.05, 3.63) is 35.5 Å². The number of hydrogen-bond acceptors (Lipinski definition) is 4. The number of methoxy groups -OCH3 is 1. The first kappa shape index (κ1) is 12.7. The first-order chi connectivity index (χ1) is 9.74. The molecule has 5 nitrogen and oxygen atoms in total. The van der Waals surface area contributed by atoms with E-state index in [1.807, 2.05) is 12.1 Å². The van der Waals surface area contributed by atoms with Crippen molar-refractivity contribution in [1.82, 2.24) is 10.2 Å². The highest BCUT2D eigenvalue weighted by molar-refractivity contribution is 5.68. The van der Waals surface area contributed by atoms with Crippen molar-refractivity contribution in [3.8, 4) is 23.1 Å². The summed E-state index contributed by atoms with van der Waals surface area (Å²) in [6.45, 7) is 0. The van der Waals surface area contributed by atoms with Gasteiger partial charge < -0.3 is 10.5 Å². The van der Waals surface area contributed by atoms with Crippen LogP contribution in [0.3, 0.4) is 0 Å². The summed E-state index contributed by atoms with van der Waals surface area (Å²) in [5.41, 5.74) is 9.35. The summed E-state index contributed by atoms with van der Waals surface area (Å²) in [7, 11) is 1.63. The highest BCUT2D eigenvalue weighted by atomic mass is 16.5. The van der Waals surface area contributed by atoms with Crippen LogP contribution in [0.15, 0.2) is 24.3 Å². The van der Waals surface area contributed by atoms with Crippen LogP contribution in [0.1, 0.15) is 30.1 Å². The minimum atomic E-state index is -0.0513. The van der Waals surface area contributed by atoms with Gasteiger partial charge in [-0.3, -0.25) is 5.10 Å². The van der Waals surface area contributed by atoms with Gasteiger partial charge in [-0.05, 0) is 30.9 Å². The molecule has 1 saturated carbocycles. The quantitative estimate of drug-likeness (QED) is 0.891. The molecular weight excluding hydrogens is 252 g/mol. The van der Waals surface area contributed by atoms with Crippen molar-refractivity contribution in [3.63, 3.8) is 0 Å². The average Bonchev–Trinajstić information content (AvgIpc) is 3.25. The Hall–Kier alpha value is -2.32. The van der Waals surface area contributed by atoms with Crippen LogP contribution in [0, 0.1) is 17.2 Å². The fraction of sp³-hybridized carbons (Fsp3) is 0.333. The zero-order valence-electron chi connectivity index (χ0n) is 11.3. The molecule has 1 fully saturated rings. The third kappa shape index (κ3) is 2.15. The minimum Gasteiger partial charge on any atom is -0.492 e. The van der Waals surface area contributed by atoms with Gasteiger partial charge in [0.25, 0.3) is 0 Å². The Bertz CT molecular complexity index is 650. The van der Waals surface area contributed by atoms with Crippen LogP contribution >= 0.6 is 0 Å². The van der Waals surface area contributed by atoms with E-state index in [0.717, 1.165) is 29.8 Å². The molecule has 20 heavy (non-hydrogen) atoms. The molecule has 1 aromatic carbocycles. The Labute approximate surface area is 117 Å². The SMILES string of the molecule is COc1c(-c2ccc(C#N)cc2)n[nH]c1C(N)C1CC1. The predicted molar refractivity (Wildman–Crippen MR) is 74.9 cm³/mol. The van der Waals surface area contributed by atoms with E-state index in [1.165, 1.54) is 0 Å². The van der Waals surface area contributed by atoms with Gasteiger partial charge in [-0.2, -0.15) is 10.4 Å². The summed E-state index contributed by atoms with van der Waals surface area (Å²) in [5.74, 6) is 1.23. The van der Waals surface area contributed by atoms with Gasteiger partial charge in [0, 0.05) is 5.56 Å². The third-order valence-corrected chi connectivity index (χ3v) is 3.70. The van der Waals surface area contributed by atoms with Gasteiger partial charge in [-0.15, -0.1) is 0 Å². The summed E-state index contributed by atoms with van der Waals surface area (Å²) in [4.78, 5) is 0. The molecule has 1 unspecified atom stereocenters. The number of H-pyrrole nitrogens is 1. The molecule has 1 aliphatic carbocycles. The number of aromatic amines is 1. The normalized spacial score (nSPS) is 15.7. The lowest BCUT2D eigenvalue weighted by atomic mass is 10.1.